The van der Waals surface area contributed by atoms with Crippen molar-refractivity contribution in [1.29, 1.82) is 0 Å². The summed E-state index contributed by atoms with van der Waals surface area (Å²) < 4.78 is 19.5. The van der Waals surface area contributed by atoms with E-state index in [0.717, 1.165) is 106 Å². The Bertz CT molecular complexity index is 10500. The van der Waals surface area contributed by atoms with Crippen LogP contribution in [-0.2, 0) is 5.41 Å². The van der Waals surface area contributed by atoms with Crippen LogP contribution in [0.5, 0.6) is 0 Å². The van der Waals surface area contributed by atoms with Gasteiger partial charge in [-0.3, -0.25) is 13.7 Å². The summed E-state index contributed by atoms with van der Waals surface area (Å²) in [5, 5.41) is 20.0. The second kappa shape index (κ2) is 32.8. The van der Waals surface area contributed by atoms with Crippen molar-refractivity contribution >= 4 is 213 Å². The molecule has 30 aromatic rings. The van der Waals surface area contributed by atoms with Gasteiger partial charge in [-0.05, 0) is 150 Å². The van der Waals surface area contributed by atoms with Gasteiger partial charge in [0.05, 0.1) is 78.3 Å². The highest BCUT2D eigenvalue weighted by Crippen LogP contribution is 2.55. The molecule has 31 rings (SSSR count). The molecule has 0 N–H and O–H groups in total. The lowest BCUT2D eigenvalue weighted by Crippen LogP contribution is -2.15. The molecule has 0 fully saturated rings. The molecule has 11 heterocycles. The normalized spacial score (nSPS) is 12.5. The van der Waals surface area contributed by atoms with Gasteiger partial charge in [0.25, 0.3) is 0 Å². The highest BCUT2D eigenvalue weighted by Gasteiger charge is 2.39. The summed E-state index contributed by atoms with van der Waals surface area (Å²) in [5.74, 6) is 2.00. The van der Waals surface area contributed by atoms with Crippen LogP contribution < -0.4 is 0 Å². The summed E-state index contributed by atoms with van der Waals surface area (Å²) in [4.78, 5) is 32.1. The molecule has 670 valence electrons. The number of hydrogen-bond acceptors (Lipinski definition) is 10. The van der Waals surface area contributed by atoms with Crippen LogP contribution in [0, 0.1) is 0 Å². The van der Waals surface area contributed by atoms with Crippen molar-refractivity contribution in [3.8, 4) is 102 Å². The minimum Gasteiger partial charge on any atom is -0.309 e. The van der Waals surface area contributed by atoms with Crippen LogP contribution >= 0.6 is 45.3 Å². The molecule has 0 bridgehead atoms. The number of rotatable bonds is 10. The molecule has 14 heteroatoms. The first-order chi connectivity index (χ1) is 70.7. The number of benzene rings is 19. The van der Waals surface area contributed by atoms with Crippen LogP contribution in [0.1, 0.15) is 25.0 Å². The van der Waals surface area contributed by atoms with Crippen LogP contribution in [0.15, 0.2) is 449 Å². The Labute approximate surface area is 836 Å². The average molecular weight is 1900 g/mol. The largest absolute Gasteiger partial charge is 0.309 e. The maximum absolute atomic E-state index is 5.43. The second-order valence-electron chi connectivity index (χ2n) is 37.4. The molecule has 0 atom stereocenters. The quantitative estimate of drug-likeness (QED) is 0.135. The first kappa shape index (κ1) is 82.6. The molecule has 0 saturated heterocycles. The van der Waals surface area contributed by atoms with Gasteiger partial charge < -0.3 is 4.57 Å². The van der Waals surface area contributed by atoms with Gasteiger partial charge in [0.2, 0.25) is 17.8 Å². The van der Waals surface area contributed by atoms with Crippen molar-refractivity contribution in [2.24, 2.45) is 0 Å². The van der Waals surface area contributed by atoms with Crippen molar-refractivity contribution in [3.05, 3.63) is 460 Å². The van der Waals surface area contributed by atoms with Gasteiger partial charge in [0.1, 0.15) is 0 Å². The SMILES string of the molecule is CC1(C)c2ccccc2-c2ccc3c(c21)c1ccccc1n3-c1nc(-c2ccccc2)cc(-c2cccc3sc4ccccc4c23)n1.c1ccc(-c2cc(-c3ccc4sc5ccccc5c4c3)nc(-n3c4ccccc4c4c3ccc3c5ccccc5n(-c5ccccc5)c34)n2)cc1.c1ccc(-c2cc(-c3ccc4sc5ccccc5c4c3)nc(-n3c4ccccc4c4c5sc6ccccc6c5ccc43)n2)cc1. The van der Waals surface area contributed by atoms with E-state index < -0.39 is 0 Å². The van der Waals surface area contributed by atoms with E-state index in [2.05, 4.69) is 469 Å². The molecule has 143 heavy (non-hydrogen) atoms. The molecule has 0 amide bonds. The van der Waals surface area contributed by atoms with Crippen molar-refractivity contribution in [2.75, 3.05) is 0 Å². The summed E-state index contributed by atoms with van der Waals surface area (Å²) >= 11 is 7.37. The highest BCUT2D eigenvalue weighted by molar-refractivity contribution is 7.27. The number of fused-ring (bicyclic) bond motifs is 30. The first-order valence-corrected chi connectivity index (χ1v) is 51.5. The zero-order valence-corrected chi connectivity index (χ0v) is 80.6. The molecule has 11 aromatic heterocycles. The van der Waals surface area contributed by atoms with Crippen LogP contribution in [0.2, 0.25) is 0 Å². The van der Waals surface area contributed by atoms with Gasteiger partial charge >= 0.3 is 0 Å². The van der Waals surface area contributed by atoms with Crippen molar-refractivity contribution in [2.45, 2.75) is 19.3 Å². The predicted molar refractivity (Wildman–Crippen MR) is 605 cm³/mol. The van der Waals surface area contributed by atoms with E-state index in [9.17, 15) is 0 Å². The average Bonchev–Trinajstić information content (AvgIpc) is 1.54. The molecular formula is C129H80N10S4. The Morgan fingerprint density at radius 1 is 0.196 bits per heavy atom. The first-order valence-electron chi connectivity index (χ1n) is 48.3. The number of hydrogen-bond donors (Lipinski definition) is 0. The van der Waals surface area contributed by atoms with E-state index >= 15 is 0 Å². The number of aromatic nitrogens is 10. The van der Waals surface area contributed by atoms with Crippen LogP contribution in [0.25, 0.3) is 270 Å². The molecule has 0 unspecified atom stereocenters. The molecule has 1 aliphatic rings. The summed E-state index contributed by atoms with van der Waals surface area (Å²) in [5.41, 5.74) is 27.2. The predicted octanol–water partition coefficient (Wildman–Crippen LogP) is 35.6. The second-order valence-corrected chi connectivity index (χ2v) is 41.7. The van der Waals surface area contributed by atoms with Crippen molar-refractivity contribution in [1.82, 2.24) is 48.2 Å². The fraction of sp³-hybridized carbons (Fsp3) is 0.0233. The Morgan fingerprint density at radius 2 is 0.552 bits per heavy atom. The highest BCUT2D eigenvalue weighted by atomic mass is 32.1. The summed E-state index contributed by atoms with van der Waals surface area (Å²) in [6.07, 6.45) is 0. The number of para-hydroxylation sites is 5. The lowest BCUT2D eigenvalue weighted by atomic mass is 9.80. The lowest BCUT2D eigenvalue weighted by molar-refractivity contribution is 0.666. The molecule has 19 aromatic carbocycles. The summed E-state index contributed by atoms with van der Waals surface area (Å²) in [6, 6.07) is 160. The minimum absolute atomic E-state index is 0.145. The summed E-state index contributed by atoms with van der Waals surface area (Å²) in [7, 11) is 0. The van der Waals surface area contributed by atoms with E-state index in [4.69, 9.17) is 29.9 Å². The topological polar surface area (TPSA) is 97.1 Å². The Balaban J connectivity index is 0.000000102. The monoisotopic (exact) mass is 1900 g/mol. The van der Waals surface area contributed by atoms with E-state index in [1.165, 1.54) is 157 Å². The van der Waals surface area contributed by atoms with Gasteiger partial charge in [-0.2, -0.15) is 0 Å². The lowest BCUT2D eigenvalue weighted by Gasteiger charge is -2.22. The Morgan fingerprint density at radius 3 is 1.09 bits per heavy atom. The third-order valence-electron chi connectivity index (χ3n) is 29.0. The van der Waals surface area contributed by atoms with Crippen molar-refractivity contribution < 1.29 is 0 Å². The third kappa shape index (κ3) is 13.2. The van der Waals surface area contributed by atoms with Gasteiger partial charge in [-0.25, -0.2) is 29.9 Å². The third-order valence-corrected chi connectivity index (χ3v) is 33.6. The van der Waals surface area contributed by atoms with E-state index in [1.807, 2.05) is 57.5 Å². The fourth-order valence-electron chi connectivity index (χ4n) is 22.6. The summed E-state index contributed by atoms with van der Waals surface area (Å²) in [6.45, 7) is 4.72. The molecule has 0 aliphatic heterocycles. The maximum atomic E-state index is 5.43. The van der Waals surface area contributed by atoms with Crippen LogP contribution in [0.3, 0.4) is 0 Å². The van der Waals surface area contributed by atoms with Crippen LogP contribution in [-0.4, -0.2) is 48.2 Å². The molecular weight excluding hydrogens is 1820 g/mol. The molecule has 10 nitrogen and oxygen atoms in total. The fourth-order valence-corrected chi connectivity index (χ4v) is 27.2. The minimum atomic E-state index is -0.145. The maximum Gasteiger partial charge on any atom is 0.235 e. The molecule has 0 radical (unpaired) electrons. The van der Waals surface area contributed by atoms with E-state index in [0.29, 0.717) is 17.8 Å². The Kier molecular flexibility index (Phi) is 19.0. The Hall–Kier alpha value is -17.5. The van der Waals surface area contributed by atoms with Gasteiger partial charge in [0.15, 0.2) is 0 Å². The van der Waals surface area contributed by atoms with E-state index in [1.54, 1.807) is 0 Å². The number of nitrogens with zero attached hydrogens (tertiary/aromatic N) is 10. The van der Waals surface area contributed by atoms with Crippen LogP contribution in [0.4, 0.5) is 0 Å². The van der Waals surface area contributed by atoms with Gasteiger partial charge in [-0.1, -0.05) is 335 Å². The zero-order valence-electron chi connectivity index (χ0n) is 77.3. The molecule has 0 saturated carbocycles. The molecule has 1 aliphatic carbocycles. The molecule has 0 spiro atoms. The van der Waals surface area contributed by atoms with E-state index in [-0.39, 0.29) is 5.41 Å². The van der Waals surface area contributed by atoms with Gasteiger partial charge in [-0.15, -0.1) is 45.3 Å². The zero-order chi connectivity index (χ0) is 94.2. The van der Waals surface area contributed by atoms with Gasteiger partial charge in [0, 0.05) is 168 Å². The van der Waals surface area contributed by atoms with Crippen molar-refractivity contribution in [3.63, 3.8) is 0 Å². The number of thiophene rings is 4. The standard InChI is InChI=1S/C46H28N4S.C43H29N3S.C40H23N3S2/c1-3-13-29(14-4-1)37-28-38(30-23-26-43-36(27-30)33-18-9-12-22-42(33)51-43)48-46(47-37)50-40-21-11-8-19-35(40)44-41(50)25-24-34-32-17-7-10-20-39(32)49(45(34)44)31-15-5-2-6-16-31;1-43(2)32-19-9-6-15-27(32)28-23-24-36-40(41(28)43)30-16-7-10-20-35(30)46(36)42-44-33(26-13-4-3-5-14-26)25-34(45-42)29-18-12-22-38-39(29)31-17-8-11-21-37(31)47-38;1-2-10-24(11-3-1)31-23-32(25-18-21-37-30(22-25)27-13-6-8-16-35(27)44-37)42-40(41-31)43-33-15-7-4-14-29(33)38-34(43)20-19-28-26-12-5-9-17-36(26)45-39(28)38/h1-28H;3-25H,1-2H3;1-23H. The smallest absolute Gasteiger partial charge is 0.235 e.